The highest BCUT2D eigenvalue weighted by molar-refractivity contribution is 5.91. The Morgan fingerprint density at radius 2 is 2.21 bits per heavy atom. The number of carbonyl (C=O) groups excluding carboxylic acids is 1. The van der Waals surface area contributed by atoms with Crippen molar-refractivity contribution in [3.63, 3.8) is 0 Å². The van der Waals surface area contributed by atoms with Gasteiger partial charge in [-0.25, -0.2) is 4.39 Å². The van der Waals surface area contributed by atoms with Crippen molar-refractivity contribution in [3.05, 3.63) is 35.6 Å². The SMILES string of the molecule is NC(CNC(=O)C1(c2cccc(F)c2)CC1)C1CC1. The van der Waals surface area contributed by atoms with Crippen molar-refractivity contribution in [2.45, 2.75) is 37.1 Å². The molecule has 0 radical (unpaired) electrons. The number of nitrogens with one attached hydrogen (secondary N) is 1. The maximum atomic E-state index is 13.3. The smallest absolute Gasteiger partial charge is 0.230 e. The van der Waals surface area contributed by atoms with Crippen molar-refractivity contribution >= 4 is 5.91 Å². The van der Waals surface area contributed by atoms with E-state index in [0.717, 1.165) is 18.4 Å². The van der Waals surface area contributed by atoms with E-state index in [9.17, 15) is 9.18 Å². The maximum Gasteiger partial charge on any atom is 0.230 e. The van der Waals surface area contributed by atoms with Gasteiger partial charge in [0, 0.05) is 12.6 Å². The molecule has 1 aromatic carbocycles. The first-order valence-corrected chi connectivity index (χ1v) is 6.92. The number of carbonyl (C=O) groups is 1. The van der Waals surface area contributed by atoms with E-state index in [2.05, 4.69) is 5.32 Å². The van der Waals surface area contributed by atoms with E-state index in [0.29, 0.717) is 12.5 Å². The normalized spacial score (nSPS) is 21.8. The molecule has 3 N–H and O–H groups in total. The topological polar surface area (TPSA) is 55.1 Å². The van der Waals surface area contributed by atoms with Crippen molar-refractivity contribution in [1.29, 1.82) is 0 Å². The molecule has 19 heavy (non-hydrogen) atoms. The van der Waals surface area contributed by atoms with Crippen LogP contribution in [0.2, 0.25) is 0 Å². The first kappa shape index (κ1) is 12.6. The summed E-state index contributed by atoms with van der Waals surface area (Å²) in [5.74, 6) is 0.282. The van der Waals surface area contributed by atoms with Gasteiger partial charge in [-0.15, -0.1) is 0 Å². The summed E-state index contributed by atoms with van der Waals surface area (Å²) in [5, 5.41) is 2.94. The summed E-state index contributed by atoms with van der Waals surface area (Å²) in [6.07, 6.45) is 3.93. The summed E-state index contributed by atoms with van der Waals surface area (Å²) in [6.45, 7) is 0.528. The zero-order chi connectivity index (χ0) is 13.5. The van der Waals surface area contributed by atoms with Crippen molar-refractivity contribution in [1.82, 2.24) is 5.32 Å². The highest BCUT2D eigenvalue weighted by atomic mass is 19.1. The number of amides is 1. The molecule has 3 rings (SSSR count). The van der Waals surface area contributed by atoms with Crippen LogP contribution in [-0.2, 0) is 10.2 Å². The van der Waals surface area contributed by atoms with Gasteiger partial charge in [-0.05, 0) is 49.3 Å². The van der Waals surface area contributed by atoms with Crippen LogP contribution in [0.3, 0.4) is 0 Å². The molecule has 0 aromatic heterocycles. The van der Waals surface area contributed by atoms with Gasteiger partial charge >= 0.3 is 0 Å². The summed E-state index contributed by atoms with van der Waals surface area (Å²) in [4.78, 5) is 12.3. The average molecular weight is 262 g/mol. The van der Waals surface area contributed by atoms with E-state index in [1.165, 1.54) is 25.0 Å². The standard InChI is InChI=1S/C15H19FN2O/c16-12-3-1-2-11(8-12)15(6-7-15)14(19)18-9-13(17)10-4-5-10/h1-3,8,10,13H,4-7,9,17H2,(H,18,19). The van der Waals surface area contributed by atoms with Crippen molar-refractivity contribution < 1.29 is 9.18 Å². The van der Waals surface area contributed by atoms with Crippen LogP contribution in [0, 0.1) is 11.7 Å². The molecule has 2 fully saturated rings. The lowest BCUT2D eigenvalue weighted by atomic mass is 9.94. The molecule has 4 heteroatoms. The van der Waals surface area contributed by atoms with E-state index >= 15 is 0 Å². The minimum Gasteiger partial charge on any atom is -0.354 e. The second-order valence-electron chi connectivity index (χ2n) is 5.80. The Morgan fingerprint density at radius 3 is 2.79 bits per heavy atom. The number of rotatable bonds is 5. The fourth-order valence-electron chi connectivity index (χ4n) is 2.63. The summed E-state index contributed by atoms with van der Waals surface area (Å²) >= 11 is 0. The Hall–Kier alpha value is -1.42. The molecule has 0 aliphatic heterocycles. The molecule has 2 saturated carbocycles. The van der Waals surface area contributed by atoms with E-state index in [1.807, 2.05) is 6.07 Å². The van der Waals surface area contributed by atoms with Gasteiger partial charge < -0.3 is 11.1 Å². The molecule has 1 atom stereocenters. The van der Waals surface area contributed by atoms with Gasteiger partial charge in [0.2, 0.25) is 5.91 Å². The van der Waals surface area contributed by atoms with Crippen molar-refractivity contribution in [2.24, 2.45) is 11.7 Å². The molecule has 0 saturated heterocycles. The van der Waals surface area contributed by atoms with Gasteiger partial charge in [-0.1, -0.05) is 12.1 Å². The number of halogens is 1. The largest absolute Gasteiger partial charge is 0.354 e. The predicted octanol–water partition coefficient (Wildman–Crippen LogP) is 1.71. The summed E-state index contributed by atoms with van der Waals surface area (Å²) in [6, 6.07) is 6.42. The molecule has 102 valence electrons. The lowest BCUT2D eigenvalue weighted by molar-refractivity contribution is -0.123. The average Bonchev–Trinajstić information content (AvgIpc) is 3.29. The van der Waals surface area contributed by atoms with Gasteiger partial charge in [-0.2, -0.15) is 0 Å². The quantitative estimate of drug-likeness (QED) is 0.848. The molecule has 1 aromatic rings. The van der Waals surface area contributed by atoms with E-state index in [4.69, 9.17) is 5.73 Å². The van der Waals surface area contributed by atoms with Gasteiger partial charge in [0.15, 0.2) is 0 Å². The second-order valence-corrected chi connectivity index (χ2v) is 5.80. The van der Waals surface area contributed by atoms with Crippen LogP contribution >= 0.6 is 0 Å². The maximum absolute atomic E-state index is 13.3. The Morgan fingerprint density at radius 1 is 1.47 bits per heavy atom. The Kier molecular flexibility index (Phi) is 3.05. The Bertz CT molecular complexity index is 495. The van der Waals surface area contributed by atoms with Gasteiger partial charge in [0.05, 0.1) is 5.41 Å². The van der Waals surface area contributed by atoms with Crippen LogP contribution in [0.4, 0.5) is 4.39 Å². The van der Waals surface area contributed by atoms with Crippen LogP contribution in [-0.4, -0.2) is 18.5 Å². The van der Waals surface area contributed by atoms with E-state index in [-0.39, 0.29) is 17.8 Å². The fraction of sp³-hybridized carbons (Fsp3) is 0.533. The Balaban J connectivity index is 1.65. The molecule has 0 bridgehead atoms. The van der Waals surface area contributed by atoms with Crippen LogP contribution in [0.25, 0.3) is 0 Å². The lowest BCUT2D eigenvalue weighted by Gasteiger charge is -2.18. The predicted molar refractivity (Wildman–Crippen MR) is 71.0 cm³/mol. The molecule has 3 nitrogen and oxygen atoms in total. The minimum atomic E-state index is -0.509. The van der Waals surface area contributed by atoms with E-state index in [1.54, 1.807) is 6.07 Å². The molecular weight excluding hydrogens is 243 g/mol. The number of nitrogens with two attached hydrogens (primary N) is 1. The molecule has 0 heterocycles. The molecule has 2 aliphatic carbocycles. The van der Waals surface area contributed by atoms with Gasteiger partial charge in [-0.3, -0.25) is 4.79 Å². The third-order valence-electron chi connectivity index (χ3n) is 4.29. The van der Waals surface area contributed by atoms with Gasteiger partial charge in [0.25, 0.3) is 0 Å². The number of hydrogen-bond donors (Lipinski definition) is 2. The first-order valence-electron chi connectivity index (χ1n) is 6.92. The monoisotopic (exact) mass is 262 g/mol. The van der Waals surface area contributed by atoms with Gasteiger partial charge in [0.1, 0.15) is 5.82 Å². The van der Waals surface area contributed by atoms with Crippen molar-refractivity contribution in [3.8, 4) is 0 Å². The lowest BCUT2D eigenvalue weighted by Crippen LogP contribution is -2.43. The molecule has 1 amide bonds. The third-order valence-corrected chi connectivity index (χ3v) is 4.29. The zero-order valence-corrected chi connectivity index (χ0v) is 10.9. The molecule has 0 spiro atoms. The van der Waals surface area contributed by atoms with Crippen LogP contribution in [0.5, 0.6) is 0 Å². The van der Waals surface area contributed by atoms with Crippen LogP contribution < -0.4 is 11.1 Å². The highest BCUT2D eigenvalue weighted by Crippen LogP contribution is 2.48. The van der Waals surface area contributed by atoms with Crippen LogP contribution in [0.1, 0.15) is 31.2 Å². The minimum absolute atomic E-state index is 0.00537. The molecule has 1 unspecified atom stereocenters. The third kappa shape index (κ3) is 2.50. The summed E-state index contributed by atoms with van der Waals surface area (Å²) in [5.41, 5.74) is 6.25. The van der Waals surface area contributed by atoms with Crippen molar-refractivity contribution in [2.75, 3.05) is 6.54 Å². The molecule has 2 aliphatic rings. The second kappa shape index (κ2) is 4.60. The first-order chi connectivity index (χ1) is 9.12. The number of hydrogen-bond acceptors (Lipinski definition) is 2. The van der Waals surface area contributed by atoms with Crippen LogP contribution in [0.15, 0.2) is 24.3 Å². The van der Waals surface area contributed by atoms with E-state index < -0.39 is 5.41 Å². The number of benzene rings is 1. The fourth-order valence-corrected chi connectivity index (χ4v) is 2.63. The Labute approximate surface area is 112 Å². The summed E-state index contributed by atoms with van der Waals surface area (Å²) < 4.78 is 13.3. The highest BCUT2D eigenvalue weighted by Gasteiger charge is 2.51. The summed E-state index contributed by atoms with van der Waals surface area (Å²) in [7, 11) is 0. The molecular formula is C15H19FN2O. The zero-order valence-electron chi connectivity index (χ0n) is 10.9.